The monoisotopic (exact) mass is 389 g/mol. The van der Waals surface area contributed by atoms with Crippen molar-refractivity contribution < 1.29 is 18.4 Å². The van der Waals surface area contributed by atoms with Gasteiger partial charge in [0.05, 0.1) is 23.0 Å². The van der Waals surface area contributed by atoms with Gasteiger partial charge in [-0.2, -0.15) is 0 Å². The molecule has 23 heavy (non-hydrogen) atoms. The molecule has 1 aromatic heterocycles. The number of carbonyl (C=O) groups excluding carboxylic acids is 1. The summed E-state index contributed by atoms with van der Waals surface area (Å²) in [6.45, 7) is 2.06. The van der Waals surface area contributed by atoms with E-state index in [9.17, 15) is 4.79 Å². The Morgan fingerprint density at radius 2 is 2.22 bits per heavy atom. The van der Waals surface area contributed by atoms with Gasteiger partial charge in [-0.1, -0.05) is 0 Å². The Bertz CT molecular complexity index is 610. The van der Waals surface area contributed by atoms with Crippen molar-refractivity contribution in [3.05, 3.63) is 10.8 Å². The first kappa shape index (κ1) is 14.0. The number of esters is 1. The lowest BCUT2D eigenvalue weighted by atomic mass is 9.93. The van der Waals surface area contributed by atoms with Gasteiger partial charge < -0.3 is 20.1 Å². The molecule has 0 saturated heterocycles. The molecule has 0 unspecified atom stereocenters. The number of nitrogens with zero attached hydrogens (tertiary/aromatic N) is 2. The van der Waals surface area contributed by atoms with Crippen LogP contribution in [0.2, 0.25) is 0 Å². The van der Waals surface area contributed by atoms with Gasteiger partial charge in [0.25, 0.3) is 0 Å². The van der Waals surface area contributed by atoms with Crippen molar-refractivity contribution in [1.29, 1.82) is 0 Å². The molecule has 8 heteroatoms. The quantitative estimate of drug-likeness (QED) is 0.692. The molecule has 0 aliphatic heterocycles. The Morgan fingerprint density at radius 3 is 2.91 bits per heavy atom. The molecule has 0 spiro atoms. The number of hydrogen-bond donors (Lipinski definition) is 2. The second-order valence-corrected chi connectivity index (χ2v) is 6.10. The van der Waals surface area contributed by atoms with Gasteiger partial charge in [-0.3, -0.25) is 4.79 Å². The summed E-state index contributed by atoms with van der Waals surface area (Å²) in [5, 5.41) is 6.24. The fraction of sp³-hybridized carbons (Fsp3) is 0.667. The number of halogens is 1. The van der Waals surface area contributed by atoms with Gasteiger partial charge in [0.2, 0.25) is 0 Å². The minimum Gasteiger partial charge on any atom is -0.465 e. The maximum absolute atomic E-state index is 11.5. The highest BCUT2D eigenvalue weighted by atomic mass is 79.9. The zero-order chi connectivity index (χ0) is 19.2. The lowest BCUT2D eigenvalue weighted by Gasteiger charge is -2.29. The number of aromatic nitrogens is 2. The number of anilines is 2. The fourth-order valence-corrected chi connectivity index (χ4v) is 2.76. The zero-order valence-electron chi connectivity index (χ0n) is 16.0. The molecule has 7 nitrogen and oxygen atoms in total. The van der Waals surface area contributed by atoms with Crippen LogP contribution in [-0.4, -0.2) is 48.3 Å². The van der Waals surface area contributed by atoms with Crippen LogP contribution in [0.5, 0.6) is 0 Å². The summed E-state index contributed by atoms with van der Waals surface area (Å²) in [6.07, 6.45) is 4.11. The Balaban J connectivity index is 1.92. The summed E-state index contributed by atoms with van der Waals surface area (Å²) in [4.78, 5) is 20.1. The van der Waals surface area contributed by atoms with Gasteiger partial charge in [0, 0.05) is 13.1 Å². The summed E-state index contributed by atoms with van der Waals surface area (Å²) in [7, 11) is -2.36. The maximum Gasteiger partial charge on any atom is 0.325 e. The SMILES string of the molecule is [2H]C([2H])([2H])OC1CCC(Nc2nc(Br)cnc2NCC(=O)OCC)CC1. The molecule has 0 bridgehead atoms. The predicted molar refractivity (Wildman–Crippen MR) is 91.5 cm³/mol. The molecule has 0 amide bonds. The number of nitrogens with one attached hydrogen (secondary N) is 2. The van der Waals surface area contributed by atoms with Crippen molar-refractivity contribution in [3.63, 3.8) is 0 Å². The summed E-state index contributed by atoms with van der Waals surface area (Å²) in [5.41, 5.74) is 0. The van der Waals surface area contributed by atoms with E-state index in [0.717, 1.165) is 12.8 Å². The highest BCUT2D eigenvalue weighted by molar-refractivity contribution is 9.10. The molecule has 1 fully saturated rings. The van der Waals surface area contributed by atoms with Crippen LogP contribution in [0.3, 0.4) is 0 Å². The van der Waals surface area contributed by atoms with E-state index in [2.05, 4.69) is 36.5 Å². The third-order valence-electron chi connectivity index (χ3n) is 3.63. The van der Waals surface area contributed by atoms with Crippen LogP contribution in [-0.2, 0) is 14.3 Å². The van der Waals surface area contributed by atoms with E-state index >= 15 is 0 Å². The van der Waals surface area contributed by atoms with E-state index in [-0.39, 0.29) is 24.7 Å². The molecule has 1 aliphatic carbocycles. The fourth-order valence-electron chi connectivity index (χ4n) is 2.48. The molecule has 1 heterocycles. The lowest BCUT2D eigenvalue weighted by molar-refractivity contribution is -0.140. The van der Waals surface area contributed by atoms with Crippen LogP contribution in [0, 0.1) is 0 Å². The number of rotatable bonds is 7. The largest absolute Gasteiger partial charge is 0.465 e. The van der Waals surface area contributed by atoms with Gasteiger partial charge in [-0.15, -0.1) is 0 Å². The normalized spacial score (nSPS) is 23.3. The van der Waals surface area contributed by atoms with Gasteiger partial charge in [-0.25, -0.2) is 9.97 Å². The van der Waals surface area contributed by atoms with Gasteiger partial charge in [0.1, 0.15) is 11.1 Å². The van der Waals surface area contributed by atoms with Crippen LogP contribution in [0.4, 0.5) is 11.6 Å². The minimum atomic E-state index is -2.36. The van der Waals surface area contributed by atoms with Crippen molar-refractivity contribution in [2.75, 3.05) is 30.8 Å². The first-order valence-corrected chi connectivity index (χ1v) is 8.42. The van der Waals surface area contributed by atoms with Crippen molar-refractivity contribution in [2.24, 2.45) is 0 Å². The minimum absolute atomic E-state index is 0.00199. The Hall–Kier alpha value is -1.41. The molecule has 1 saturated carbocycles. The summed E-state index contributed by atoms with van der Waals surface area (Å²) >= 11 is 3.29. The van der Waals surface area contributed by atoms with Crippen LogP contribution in [0.1, 0.15) is 36.7 Å². The number of hydrogen-bond acceptors (Lipinski definition) is 7. The van der Waals surface area contributed by atoms with Crippen LogP contribution in [0.15, 0.2) is 10.8 Å². The number of methoxy groups -OCH3 is 1. The van der Waals surface area contributed by atoms with Crippen molar-refractivity contribution >= 4 is 33.5 Å². The topological polar surface area (TPSA) is 85.4 Å². The molecule has 1 aliphatic rings. The maximum atomic E-state index is 11.5. The Kier molecular flexibility index (Phi) is 5.48. The summed E-state index contributed by atoms with van der Waals surface area (Å²) in [6, 6.07) is 0.123. The van der Waals surface area contributed by atoms with Gasteiger partial charge >= 0.3 is 5.97 Å². The molecule has 128 valence electrons. The van der Waals surface area contributed by atoms with Crippen molar-refractivity contribution in [1.82, 2.24) is 9.97 Å². The second-order valence-electron chi connectivity index (χ2n) is 5.28. The molecule has 0 radical (unpaired) electrons. The molecule has 2 rings (SSSR count). The first-order chi connectivity index (χ1) is 12.3. The summed E-state index contributed by atoms with van der Waals surface area (Å²) in [5.74, 6) is 0.622. The predicted octanol–water partition coefficient (Wildman–Crippen LogP) is 2.58. The molecule has 0 atom stereocenters. The van der Waals surface area contributed by atoms with Crippen LogP contribution < -0.4 is 10.6 Å². The van der Waals surface area contributed by atoms with Gasteiger partial charge in [-0.05, 0) is 48.5 Å². The van der Waals surface area contributed by atoms with E-state index in [1.165, 1.54) is 0 Å². The number of ether oxygens (including phenoxy) is 2. The summed E-state index contributed by atoms with van der Waals surface area (Å²) < 4.78 is 32.1. The van der Waals surface area contributed by atoms with Crippen LogP contribution >= 0.6 is 15.9 Å². The first-order valence-electron chi connectivity index (χ1n) is 9.13. The zero-order valence-corrected chi connectivity index (χ0v) is 14.6. The van der Waals surface area contributed by atoms with E-state index in [1.807, 2.05) is 0 Å². The molecule has 1 aromatic rings. The molecule has 0 aromatic carbocycles. The third-order valence-corrected chi connectivity index (χ3v) is 4.01. The highest BCUT2D eigenvalue weighted by Crippen LogP contribution is 2.26. The second kappa shape index (κ2) is 9.02. The molecule has 2 N–H and O–H groups in total. The standard InChI is InChI=1S/C15H23BrN4O3/c1-3-23-13(21)9-18-14-15(20-12(16)8-17-14)19-10-4-6-11(22-2)7-5-10/h8,10-11H,3-7,9H2,1-2H3,(H,17,18)(H,19,20)/i2D3. The van der Waals surface area contributed by atoms with E-state index < -0.39 is 7.04 Å². The van der Waals surface area contributed by atoms with Crippen LogP contribution in [0.25, 0.3) is 0 Å². The van der Waals surface area contributed by atoms with E-state index in [4.69, 9.17) is 13.6 Å². The average Bonchev–Trinajstić information content (AvgIpc) is 2.55. The third kappa shape index (κ3) is 5.62. The number of carbonyl (C=O) groups is 1. The lowest BCUT2D eigenvalue weighted by Crippen LogP contribution is -2.30. The van der Waals surface area contributed by atoms with Crippen molar-refractivity contribution in [2.45, 2.75) is 44.8 Å². The smallest absolute Gasteiger partial charge is 0.325 e. The molecular formula is C15H23BrN4O3. The van der Waals surface area contributed by atoms with E-state index in [1.54, 1.807) is 13.1 Å². The highest BCUT2D eigenvalue weighted by Gasteiger charge is 2.22. The Morgan fingerprint density at radius 1 is 1.43 bits per heavy atom. The Labute approximate surface area is 148 Å². The van der Waals surface area contributed by atoms with Gasteiger partial charge in [0.15, 0.2) is 11.6 Å². The van der Waals surface area contributed by atoms with E-state index in [0.29, 0.717) is 35.7 Å². The average molecular weight is 390 g/mol. The molecular weight excluding hydrogens is 364 g/mol. The van der Waals surface area contributed by atoms with Crippen molar-refractivity contribution in [3.8, 4) is 0 Å².